The van der Waals surface area contributed by atoms with Gasteiger partial charge in [-0.1, -0.05) is 24.3 Å². The molecule has 1 saturated heterocycles. The molecule has 1 aromatic heterocycles. The predicted molar refractivity (Wildman–Crippen MR) is 154 cm³/mol. The monoisotopic (exact) mass is 554 g/mol. The van der Waals surface area contributed by atoms with Crippen LogP contribution < -0.4 is 15.0 Å². The number of ether oxygens (including phenoxy) is 2. The largest absolute Gasteiger partial charge is 0.495 e. The molecule has 1 unspecified atom stereocenters. The van der Waals surface area contributed by atoms with Crippen LogP contribution in [-0.4, -0.2) is 67.5 Å². The molecule has 2 aliphatic heterocycles. The van der Waals surface area contributed by atoms with Crippen molar-refractivity contribution in [1.29, 1.82) is 5.26 Å². The first kappa shape index (κ1) is 27.9. The number of hydrogen-bond acceptors (Lipinski definition) is 10. The van der Waals surface area contributed by atoms with E-state index in [2.05, 4.69) is 37.4 Å². The van der Waals surface area contributed by atoms with Crippen molar-refractivity contribution in [3.05, 3.63) is 88.9 Å². The Hall–Kier alpha value is -4.62. The molecule has 1 N–H and O–H groups in total. The molecule has 3 aromatic rings. The number of anilines is 1. The van der Waals surface area contributed by atoms with E-state index in [-0.39, 0.29) is 0 Å². The number of carbonyl (C=O) groups excluding carboxylic acids is 1. The van der Waals surface area contributed by atoms with Crippen LogP contribution in [0.2, 0.25) is 0 Å². The number of carbonyl (C=O) groups is 1. The number of piperazine rings is 1. The summed E-state index contributed by atoms with van der Waals surface area (Å²) in [5.74, 6) is 0.264. The van der Waals surface area contributed by atoms with Crippen LogP contribution in [0.4, 0.5) is 5.69 Å². The molecule has 0 saturated carbocycles. The summed E-state index contributed by atoms with van der Waals surface area (Å²) in [5.41, 5.74) is 5.02. The highest BCUT2D eigenvalue weighted by Crippen LogP contribution is 2.43. The van der Waals surface area contributed by atoms with Crippen LogP contribution in [0, 0.1) is 11.3 Å². The Morgan fingerprint density at radius 2 is 1.93 bits per heavy atom. The van der Waals surface area contributed by atoms with E-state index < -0.39 is 11.9 Å². The number of hydrogen-bond donors (Lipinski definition) is 1. The maximum atomic E-state index is 13.6. The molecule has 0 amide bonds. The van der Waals surface area contributed by atoms with Crippen molar-refractivity contribution in [2.75, 3.05) is 51.3 Å². The molecule has 3 heterocycles. The molecule has 212 valence electrons. The van der Waals surface area contributed by atoms with Crippen LogP contribution in [-0.2, 0) is 9.53 Å². The third-order valence-electron chi connectivity index (χ3n) is 7.57. The molecular weight excluding hydrogens is 520 g/mol. The van der Waals surface area contributed by atoms with E-state index in [4.69, 9.17) is 13.9 Å². The SMILES string of the molecule is COc1ccccc1N1CCN(CCCOC(=O)C2=C(C)NC(C)=C(c3nnco3)C2c2cccc(C#N)c2)CC1. The van der Waals surface area contributed by atoms with Crippen LogP contribution in [0.25, 0.3) is 5.57 Å². The minimum Gasteiger partial charge on any atom is -0.495 e. The molecular formula is C31H34N6O4. The van der Waals surface area contributed by atoms with Crippen molar-refractivity contribution in [1.82, 2.24) is 20.4 Å². The van der Waals surface area contributed by atoms with Gasteiger partial charge in [0.15, 0.2) is 0 Å². The molecule has 0 bridgehead atoms. The highest BCUT2D eigenvalue weighted by molar-refractivity contribution is 5.96. The van der Waals surface area contributed by atoms with E-state index in [0.29, 0.717) is 34.9 Å². The minimum atomic E-state index is -0.527. The zero-order valence-electron chi connectivity index (χ0n) is 23.6. The fourth-order valence-electron chi connectivity index (χ4n) is 5.59. The molecule has 0 spiro atoms. The Morgan fingerprint density at radius 1 is 1.12 bits per heavy atom. The molecule has 1 fully saturated rings. The second-order valence-electron chi connectivity index (χ2n) is 10.1. The first-order valence-corrected chi connectivity index (χ1v) is 13.7. The summed E-state index contributed by atoms with van der Waals surface area (Å²) in [5, 5.41) is 20.8. The molecule has 2 aliphatic rings. The summed E-state index contributed by atoms with van der Waals surface area (Å²) in [6, 6.07) is 17.5. The van der Waals surface area contributed by atoms with E-state index in [1.807, 2.05) is 44.2 Å². The number of esters is 1. The quantitative estimate of drug-likeness (QED) is 0.306. The zero-order chi connectivity index (χ0) is 28.8. The molecule has 5 rings (SSSR count). The smallest absolute Gasteiger partial charge is 0.336 e. The number of allylic oxidation sites excluding steroid dienone is 3. The van der Waals surface area contributed by atoms with Gasteiger partial charge in [-0.15, -0.1) is 10.2 Å². The lowest BCUT2D eigenvalue weighted by molar-refractivity contribution is -0.139. The van der Waals surface area contributed by atoms with Crippen LogP contribution in [0.3, 0.4) is 0 Å². The Morgan fingerprint density at radius 3 is 2.66 bits per heavy atom. The van der Waals surface area contributed by atoms with Gasteiger partial charge in [-0.2, -0.15) is 5.26 Å². The molecule has 0 radical (unpaired) electrons. The van der Waals surface area contributed by atoms with Crippen molar-refractivity contribution in [2.24, 2.45) is 0 Å². The summed E-state index contributed by atoms with van der Waals surface area (Å²) in [4.78, 5) is 18.3. The van der Waals surface area contributed by atoms with E-state index in [0.717, 1.165) is 61.8 Å². The lowest BCUT2D eigenvalue weighted by Crippen LogP contribution is -2.46. The number of para-hydroxylation sites is 2. The average molecular weight is 555 g/mol. The Balaban J connectivity index is 1.23. The van der Waals surface area contributed by atoms with Crippen LogP contribution in [0.5, 0.6) is 5.75 Å². The number of aromatic nitrogens is 2. The third kappa shape index (κ3) is 6.10. The van der Waals surface area contributed by atoms with E-state index in [1.54, 1.807) is 19.2 Å². The van der Waals surface area contributed by atoms with Crippen LogP contribution in [0.1, 0.15) is 43.2 Å². The highest BCUT2D eigenvalue weighted by Gasteiger charge is 2.37. The van der Waals surface area contributed by atoms with Gasteiger partial charge in [-0.3, -0.25) is 4.90 Å². The topological polar surface area (TPSA) is 117 Å². The van der Waals surface area contributed by atoms with E-state index >= 15 is 0 Å². The fourth-order valence-corrected chi connectivity index (χ4v) is 5.59. The zero-order valence-corrected chi connectivity index (χ0v) is 23.6. The van der Waals surface area contributed by atoms with E-state index in [1.165, 1.54) is 6.39 Å². The van der Waals surface area contributed by atoms with Crippen LogP contribution in [0.15, 0.2) is 76.3 Å². The summed E-state index contributed by atoms with van der Waals surface area (Å²) in [6.45, 7) is 8.56. The van der Waals surface area contributed by atoms with Crippen molar-refractivity contribution < 1.29 is 18.7 Å². The Kier molecular flexibility index (Phi) is 8.65. The second-order valence-corrected chi connectivity index (χ2v) is 10.1. The maximum absolute atomic E-state index is 13.6. The number of benzene rings is 2. The summed E-state index contributed by atoms with van der Waals surface area (Å²) < 4.78 is 16.9. The van der Waals surface area contributed by atoms with Gasteiger partial charge in [-0.05, 0) is 50.1 Å². The van der Waals surface area contributed by atoms with E-state index in [9.17, 15) is 10.1 Å². The molecule has 41 heavy (non-hydrogen) atoms. The predicted octanol–water partition coefficient (Wildman–Crippen LogP) is 4.10. The van der Waals surface area contributed by atoms with Gasteiger partial charge in [0.25, 0.3) is 0 Å². The van der Waals surface area contributed by atoms with Gasteiger partial charge in [0.05, 0.1) is 42.5 Å². The van der Waals surface area contributed by atoms with Gasteiger partial charge in [0.2, 0.25) is 12.3 Å². The molecule has 2 aromatic carbocycles. The van der Waals surface area contributed by atoms with Crippen molar-refractivity contribution in [2.45, 2.75) is 26.2 Å². The molecule has 10 heteroatoms. The highest BCUT2D eigenvalue weighted by atomic mass is 16.5. The lowest BCUT2D eigenvalue weighted by Gasteiger charge is -2.36. The number of dihydropyridines is 1. The lowest BCUT2D eigenvalue weighted by atomic mass is 9.80. The third-order valence-corrected chi connectivity index (χ3v) is 7.57. The standard InChI is InChI=1S/C31H34N6O4/c1-21-27(30-35-33-20-41-30)29(24-9-6-8-23(18-24)19-32)28(22(2)34-21)31(38)40-17-7-12-36-13-15-37(16-14-36)25-10-4-5-11-26(25)39-3/h4-6,8-11,18,20,29,34H,7,12-17H2,1-3H3. The number of nitrogens with one attached hydrogen (secondary N) is 1. The van der Waals surface area contributed by atoms with Gasteiger partial charge < -0.3 is 24.1 Å². The molecule has 1 atom stereocenters. The summed E-state index contributed by atoms with van der Waals surface area (Å²) >= 11 is 0. The number of methoxy groups -OCH3 is 1. The van der Waals surface area contributed by atoms with Crippen molar-refractivity contribution in [3.8, 4) is 11.8 Å². The average Bonchev–Trinajstić information content (AvgIpc) is 3.53. The molecule has 10 nitrogen and oxygen atoms in total. The first-order valence-electron chi connectivity index (χ1n) is 13.7. The van der Waals surface area contributed by atoms with Crippen molar-refractivity contribution in [3.63, 3.8) is 0 Å². The number of nitriles is 1. The van der Waals surface area contributed by atoms with Crippen molar-refractivity contribution >= 4 is 17.2 Å². The first-order chi connectivity index (χ1) is 20.0. The van der Waals surface area contributed by atoms with Gasteiger partial charge in [-0.25, -0.2) is 4.79 Å². The van der Waals surface area contributed by atoms with Crippen LogP contribution >= 0.6 is 0 Å². The van der Waals surface area contributed by atoms with Gasteiger partial charge >= 0.3 is 5.97 Å². The summed E-state index contributed by atoms with van der Waals surface area (Å²) in [7, 11) is 1.70. The minimum absolute atomic E-state index is 0.297. The Labute approximate surface area is 239 Å². The van der Waals surface area contributed by atoms with Gasteiger partial charge in [0.1, 0.15) is 5.75 Å². The maximum Gasteiger partial charge on any atom is 0.336 e. The second kappa shape index (κ2) is 12.7. The number of nitrogens with zero attached hydrogens (tertiary/aromatic N) is 5. The number of rotatable bonds is 9. The fraction of sp³-hybridized carbons (Fsp3) is 0.355. The molecule has 0 aliphatic carbocycles. The normalized spacial score (nSPS) is 17.7. The Bertz CT molecular complexity index is 1480. The van der Waals surface area contributed by atoms with Gasteiger partial charge in [0, 0.05) is 49.7 Å². The summed E-state index contributed by atoms with van der Waals surface area (Å²) in [6.07, 6.45) is 1.98.